The van der Waals surface area contributed by atoms with Crippen LogP contribution in [0.1, 0.15) is 58.3 Å². The molecule has 1 saturated carbocycles. The number of carbonyl (C=O) groups excluding carboxylic acids is 2. The van der Waals surface area contributed by atoms with Crippen molar-refractivity contribution in [1.82, 2.24) is 0 Å². The normalized spacial score (nSPS) is 26.5. The van der Waals surface area contributed by atoms with Gasteiger partial charge in [0.05, 0.1) is 0 Å². The van der Waals surface area contributed by atoms with Crippen LogP contribution in [-0.4, -0.2) is 36.7 Å². The van der Waals surface area contributed by atoms with Gasteiger partial charge in [0.15, 0.2) is 0 Å². The zero-order valence-corrected chi connectivity index (χ0v) is 17.4. The average Bonchev–Trinajstić information content (AvgIpc) is 2.89. The Morgan fingerprint density at radius 3 is 2.45 bits per heavy atom. The SMILES string of the molecule is CCOC(=O)C1(CC2=[C]([Sn]([CH3])([CH3])[CH3])CCC2)CCCCC1=O. The fourth-order valence-corrected chi connectivity index (χ4v) is 10.4. The molecule has 4 heteroatoms. The third kappa shape index (κ3) is 3.60. The average molecular weight is 413 g/mol. The summed E-state index contributed by atoms with van der Waals surface area (Å²) >= 11 is -2.13. The molecule has 0 bridgehead atoms. The molecular formula is C18H30O3Sn. The van der Waals surface area contributed by atoms with Crippen LogP contribution in [0.2, 0.25) is 14.8 Å². The van der Waals surface area contributed by atoms with Crippen molar-refractivity contribution in [2.45, 2.75) is 73.1 Å². The number of ether oxygens (including phenoxy) is 1. The molecule has 1 unspecified atom stereocenters. The quantitative estimate of drug-likeness (QED) is 0.381. The van der Waals surface area contributed by atoms with Crippen molar-refractivity contribution in [3.63, 3.8) is 0 Å². The predicted molar refractivity (Wildman–Crippen MR) is 91.4 cm³/mol. The van der Waals surface area contributed by atoms with Gasteiger partial charge < -0.3 is 0 Å². The van der Waals surface area contributed by atoms with Gasteiger partial charge in [-0.25, -0.2) is 0 Å². The fraction of sp³-hybridized carbons (Fsp3) is 0.778. The van der Waals surface area contributed by atoms with E-state index in [2.05, 4.69) is 14.8 Å². The zero-order valence-electron chi connectivity index (χ0n) is 14.6. The van der Waals surface area contributed by atoms with Crippen LogP contribution in [0, 0.1) is 5.41 Å². The van der Waals surface area contributed by atoms with Gasteiger partial charge in [0.25, 0.3) is 0 Å². The molecular weight excluding hydrogens is 383 g/mol. The number of hydrogen-bond donors (Lipinski definition) is 0. The van der Waals surface area contributed by atoms with Crippen molar-refractivity contribution < 1.29 is 14.3 Å². The van der Waals surface area contributed by atoms with E-state index in [0.29, 0.717) is 25.9 Å². The molecule has 2 aliphatic carbocycles. The van der Waals surface area contributed by atoms with E-state index in [1.54, 1.807) is 3.59 Å². The number of carbonyl (C=O) groups is 2. The van der Waals surface area contributed by atoms with E-state index in [4.69, 9.17) is 4.74 Å². The van der Waals surface area contributed by atoms with Crippen molar-refractivity contribution >= 4 is 30.1 Å². The first-order valence-electron chi connectivity index (χ1n) is 8.73. The van der Waals surface area contributed by atoms with Crippen LogP contribution in [0.3, 0.4) is 0 Å². The van der Waals surface area contributed by atoms with Gasteiger partial charge in [-0.2, -0.15) is 0 Å². The molecule has 1 atom stereocenters. The standard InChI is InChI=1S/C15H21O3.3CH3.Sn/c1-2-18-14(17)15(10-6-5-9-13(15)16)11-12-7-3-4-8-12;;;;/h2-7,9-11H2,1H3;3*1H3;. The van der Waals surface area contributed by atoms with Gasteiger partial charge >= 0.3 is 139 Å². The minimum absolute atomic E-state index is 0.125. The molecule has 0 aromatic carbocycles. The number of esters is 1. The van der Waals surface area contributed by atoms with Gasteiger partial charge in [-0.15, -0.1) is 0 Å². The van der Waals surface area contributed by atoms with E-state index in [-0.39, 0.29) is 11.8 Å². The Morgan fingerprint density at radius 1 is 1.14 bits per heavy atom. The van der Waals surface area contributed by atoms with E-state index < -0.39 is 23.8 Å². The van der Waals surface area contributed by atoms with Crippen molar-refractivity contribution in [1.29, 1.82) is 0 Å². The first kappa shape index (κ1) is 18.0. The summed E-state index contributed by atoms with van der Waals surface area (Å²) in [7, 11) is 0. The maximum atomic E-state index is 12.7. The topological polar surface area (TPSA) is 43.4 Å². The van der Waals surface area contributed by atoms with E-state index in [1.807, 2.05) is 6.92 Å². The molecule has 0 N–H and O–H groups in total. The second kappa shape index (κ2) is 7.06. The Bertz CT molecular complexity index is 487. The number of rotatable bonds is 5. The predicted octanol–water partition coefficient (Wildman–Crippen LogP) is 4.43. The molecule has 0 amide bonds. The summed E-state index contributed by atoms with van der Waals surface area (Å²) in [6, 6.07) is 0. The Hall–Kier alpha value is -0.321. The van der Waals surface area contributed by atoms with Gasteiger partial charge in [-0.05, 0) is 0 Å². The van der Waals surface area contributed by atoms with Crippen LogP contribution in [0.15, 0.2) is 9.16 Å². The summed E-state index contributed by atoms with van der Waals surface area (Å²) in [6.45, 7) is 2.18. The van der Waals surface area contributed by atoms with Crippen LogP contribution in [0.25, 0.3) is 0 Å². The van der Waals surface area contributed by atoms with E-state index >= 15 is 0 Å². The van der Waals surface area contributed by atoms with Gasteiger partial charge in [-0.1, -0.05) is 0 Å². The molecule has 124 valence electrons. The van der Waals surface area contributed by atoms with Crippen molar-refractivity contribution in [3.05, 3.63) is 9.16 Å². The summed E-state index contributed by atoms with van der Waals surface area (Å²) in [5, 5.41) is 0. The Morgan fingerprint density at radius 2 is 1.86 bits per heavy atom. The molecule has 0 aromatic rings. The van der Waals surface area contributed by atoms with Crippen molar-refractivity contribution in [2.75, 3.05) is 6.61 Å². The third-order valence-electron chi connectivity index (χ3n) is 5.21. The fourth-order valence-electron chi connectivity index (χ4n) is 4.11. The van der Waals surface area contributed by atoms with Crippen LogP contribution in [-0.2, 0) is 14.3 Å². The van der Waals surface area contributed by atoms with Gasteiger partial charge in [0.2, 0.25) is 0 Å². The van der Waals surface area contributed by atoms with Gasteiger partial charge in [-0.3, -0.25) is 0 Å². The molecule has 0 saturated heterocycles. The Labute approximate surface area is 138 Å². The minimum atomic E-state index is -2.13. The molecule has 0 aromatic heterocycles. The molecule has 2 rings (SSSR count). The van der Waals surface area contributed by atoms with E-state index in [9.17, 15) is 9.59 Å². The number of Topliss-reactive ketones (excluding diaryl/α,β-unsaturated/α-hetero) is 1. The van der Waals surface area contributed by atoms with E-state index in [0.717, 1.165) is 19.3 Å². The van der Waals surface area contributed by atoms with Crippen LogP contribution in [0.5, 0.6) is 0 Å². The van der Waals surface area contributed by atoms with Crippen molar-refractivity contribution in [3.8, 4) is 0 Å². The van der Waals surface area contributed by atoms with Crippen LogP contribution < -0.4 is 0 Å². The number of allylic oxidation sites excluding steroid dienone is 2. The second-order valence-electron chi connectivity index (χ2n) is 7.80. The molecule has 2 aliphatic rings. The molecule has 1 fully saturated rings. The molecule has 0 radical (unpaired) electrons. The summed E-state index contributed by atoms with van der Waals surface area (Å²) in [4.78, 5) is 32.6. The van der Waals surface area contributed by atoms with Gasteiger partial charge in [0.1, 0.15) is 0 Å². The molecule has 0 spiro atoms. The summed E-state index contributed by atoms with van der Waals surface area (Å²) in [5.74, 6) is -0.136. The number of ketones is 1. The third-order valence-corrected chi connectivity index (χ3v) is 12.1. The second-order valence-corrected chi connectivity index (χ2v) is 22.4. The van der Waals surface area contributed by atoms with E-state index in [1.165, 1.54) is 18.4 Å². The zero-order chi connectivity index (χ0) is 16.4. The maximum absolute atomic E-state index is 12.7. The van der Waals surface area contributed by atoms with Crippen LogP contribution in [0.4, 0.5) is 0 Å². The van der Waals surface area contributed by atoms with Gasteiger partial charge in [0, 0.05) is 0 Å². The van der Waals surface area contributed by atoms with Crippen molar-refractivity contribution in [2.24, 2.45) is 5.41 Å². The molecule has 0 aliphatic heterocycles. The molecule has 3 nitrogen and oxygen atoms in total. The first-order chi connectivity index (χ1) is 10.3. The van der Waals surface area contributed by atoms with Crippen LogP contribution >= 0.6 is 0 Å². The summed E-state index contributed by atoms with van der Waals surface area (Å²) < 4.78 is 6.98. The molecule has 0 heterocycles. The summed E-state index contributed by atoms with van der Waals surface area (Å²) in [6.07, 6.45) is 7.23. The Balaban J connectivity index is 2.35. The Kier molecular flexibility index (Phi) is 5.78. The summed E-state index contributed by atoms with van der Waals surface area (Å²) in [5.41, 5.74) is 0.572. The monoisotopic (exact) mass is 414 g/mol. The molecule has 22 heavy (non-hydrogen) atoms. The first-order valence-corrected chi connectivity index (χ1v) is 18.7. The number of hydrogen-bond acceptors (Lipinski definition) is 3.